The van der Waals surface area contributed by atoms with Crippen LogP contribution in [-0.4, -0.2) is 35.7 Å². The fraction of sp³-hybridized carbons (Fsp3) is 0.353. The molecule has 2 N–H and O–H groups in total. The molecule has 0 radical (unpaired) electrons. The zero-order valence-electron chi connectivity index (χ0n) is 13.6. The van der Waals surface area contributed by atoms with Gasteiger partial charge in [-0.05, 0) is 36.6 Å². The Morgan fingerprint density at radius 2 is 1.92 bits per heavy atom. The fourth-order valence-corrected chi connectivity index (χ4v) is 2.69. The molecule has 1 aliphatic heterocycles. The summed E-state index contributed by atoms with van der Waals surface area (Å²) in [6.45, 7) is 0.507. The maximum atomic E-state index is 11.9. The van der Waals surface area contributed by atoms with Crippen molar-refractivity contribution in [3.8, 4) is 0 Å². The number of hydrogen-bond acceptors (Lipinski definition) is 3. The van der Waals surface area contributed by atoms with Gasteiger partial charge in [0.25, 0.3) is 11.8 Å². The van der Waals surface area contributed by atoms with Crippen LogP contribution in [0, 0.1) is 0 Å². The molecule has 0 aliphatic carbocycles. The molecule has 0 spiro atoms. The van der Waals surface area contributed by atoms with Crippen molar-refractivity contribution in [3.63, 3.8) is 0 Å². The lowest BCUT2D eigenvalue weighted by Gasteiger charge is -2.19. The van der Waals surface area contributed by atoms with Crippen LogP contribution < -0.4 is 10.9 Å². The first kappa shape index (κ1) is 19.3. The number of likely N-dealkylation sites (tertiary alicyclic amines) is 1. The lowest BCUT2D eigenvalue weighted by atomic mass is 10.2. The van der Waals surface area contributed by atoms with Crippen molar-refractivity contribution < 1.29 is 14.4 Å². The van der Waals surface area contributed by atoms with E-state index >= 15 is 0 Å². The Labute approximate surface area is 156 Å². The molecule has 1 heterocycles. The molecule has 25 heavy (non-hydrogen) atoms. The van der Waals surface area contributed by atoms with E-state index in [-0.39, 0.29) is 12.5 Å². The maximum Gasteiger partial charge on any atom is 0.262 e. The van der Waals surface area contributed by atoms with Crippen LogP contribution in [0.4, 0.5) is 0 Å². The summed E-state index contributed by atoms with van der Waals surface area (Å²) in [5.74, 6) is -0.966. The van der Waals surface area contributed by atoms with E-state index < -0.39 is 11.8 Å². The maximum absolute atomic E-state index is 11.9. The van der Waals surface area contributed by atoms with Crippen LogP contribution in [0.15, 0.2) is 24.3 Å². The van der Waals surface area contributed by atoms with Gasteiger partial charge in [-0.15, -0.1) is 0 Å². The first-order valence-electron chi connectivity index (χ1n) is 7.95. The van der Waals surface area contributed by atoms with E-state index in [0.717, 1.165) is 19.3 Å². The van der Waals surface area contributed by atoms with Gasteiger partial charge in [0.1, 0.15) is 6.54 Å². The summed E-state index contributed by atoms with van der Waals surface area (Å²) in [7, 11) is 0. The van der Waals surface area contributed by atoms with E-state index in [1.807, 2.05) is 0 Å². The standard InChI is InChI=1S/C17H19Cl2N3O3/c18-13-7-5-12(10-14(13)19)6-8-15(23)20-21-16(24)11-22-9-3-1-2-4-17(22)25/h5-8,10H,1-4,9,11H2,(H,20,23)(H,21,24)/b8-6+. The molecule has 1 fully saturated rings. The van der Waals surface area contributed by atoms with E-state index in [1.165, 1.54) is 11.0 Å². The molecule has 0 bridgehead atoms. The van der Waals surface area contributed by atoms with Crippen LogP contribution in [0.3, 0.4) is 0 Å². The summed E-state index contributed by atoms with van der Waals surface area (Å²) in [5.41, 5.74) is 5.27. The third-order valence-corrected chi connectivity index (χ3v) is 4.44. The molecule has 6 nitrogen and oxygen atoms in total. The van der Waals surface area contributed by atoms with E-state index in [1.54, 1.807) is 24.3 Å². The smallest absolute Gasteiger partial charge is 0.262 e. The molecule has 1 aliphatic rings. The molecular weight excluding hydrogens is 365 g/mol. The van der Waals surface area contributed by atoms with Crippen molar-refractivity contribution in [3.05, 3.63) is 39.9 Å². The second kappa shape index (κ2) is 9.44. The predicted octanol–water partition coefficient (Wildman–Crippen LogP) is 2.56. The van der Waals surface area contributed by atoms with Crippen molar-refractivity contribution in [2.75, 3.05) is 13.1 Å². The minimum Gasteiger partial charge on any atom is -0.333 e. The number of carbonyl (C=O) groups is 3. The number of halogens is 2. The first-order chi connectivity index (χ1) is 12.0. The Morgan fingerprint density at radius 3 is 2.68 bits per heavy atom. The van der Waals surface area contributed by atoms with E-state index in [2.05, 4.69) is 10.9 Å². The molecule has 1 aromatic carbocycles. The molecule has 0 atom stereocenters. The third-order valence-electron chi connectivity index (χ3n) is 3.70. The van der Waals surface area contributed by atoms with Crippen molar-refractivity contribution in [1.82, 2.24) is 15.8 Å². The quantitative estimate of drug-likeness (QED) is 0.619. The van der Waals surface area contributed by atoms with Gasteiger partial charge < -0.3 is 4.90 Å². The Balaban J connectivity index is 1.78. The molecule has 3 amide bonds. The average Bonchev–Trinajstić information content (AvgIpc) is 2.79. The normalized spacial score (nSPS) is 15.1. The molecule has 2 rings (SSSR count). The molecule has 1 saturated heterocycles. The van der Waals surface area contributed by atoms with Gasteiger partial charge in [0, 0.05) is 19.0 Å². The second-order valence-electron chi connectivity index (χ2n) is 5.67. The minimum absolute atomic E-state index is 0.0292. The molecule has 1 aromatic rings. The number of benzene rings is 1. The highest BCUT2D eigenvalue weighted by Gasteiger charge is 2.19. The molecule has 0 unspecified atom stereocenters. The number of amides is 3. The SMILES string of the molecule is O=C(/C=C/c1ccc(Cl)c(Cl)c1)NNC(=O)CN1CCCCCC1=O. The summed E-state index contributed by atoms with van der Waals surface area (Å²) in [5, 5.41) is 0.818. The highest BCUT2D eigenvalue weighted by Crippen LogP contribution is 2.23. The van der Waals surface area contributed by atoms with Crippen LogP contribution >= 0.6 is 23.2 Å². The van der Waals surface area contributed by atoms with E-state index in [0.29, 0.717) is 28.6 Å². The zero-order valence-corrected chi connectivity index (χ0v) is 15.1. The summed E-state index contributed by atoms with van der Waals surface area (Å²) in [6, 6.07) is 4.96. The van der Waals surface area contributed by atoms with Gasteiger partial charge in [-0.3, -0.25) is 25.2 Å². The summed E-state index contributed by atoms with van der Waals surface area (Å²) >= 11 is 11.7. The van der Waals surface area contributed by atoms with E-state index in [4.69, 9.17) is 23.2 Å². The summed E-state index contributed by atoms with van der Waals surface area (Å²) < 4.78 is 0. The molecule has 0 aromatic heterocycles. The van der Waals surface area contributed by atoms with Crippen LogP contribution in [0.25, 0.3) is 6.08 Å². The van der Waals surface area contributed by atoms with E-state index in [9.17, 15) is 14.4 Å². The summed E-state index contributed by atoms with van der Waals surface area (Å²) in [4.78, 5) is 36.9. The summed E-state index contributed by atoms with van der Waals surface area (Å²) in [6.07, 6.45) is 6.00. The Bertz CT molecular complexity index is 692. The van der Waals surface area contributed by atoms with Crippen molar-refractivity contribution in [1.29, 1.82) is 0 Å². The number of hydrogen-bond donors (Lipinski definition) is 2. The molecule has 0 saturated carbocycles. The number of nitrogens with zero attached hydrogens (tertiary/aromatic N) is 1. The highest BCUT2D eigenvalue weighted by atomic mass is 35.5. The first-order valence-corrected chi connectivity index (χ1v) is 8.71. The van der Waals surface area contributed by atoms with Gasteiger partial charge in [-0.1, -0.05) is 35.7 Å². The Morgan fingerprint density at radius 1 is 1.12 bits per heavy atom. The highest BCUT2D eigenvalue weighted by molar-refractivity contribution is 6.42. The largest absolute Gasteiger partial charge is 0.333 e. The molecular formula is C17H19Cl2N3O3. The van der Waals surface area contributed by atoms with Crippen LogP contribution in [0.5, 0.6) is 0 Å². The average molecular weight is 384 g/mol. The zero-order chi connectivity index (χ0) is 18.2. The third kappa shape index (κ3) is 6.40. The number of hydrazine groups is 1. The lowest BCUT2D eigenvalue weighted by molar-refractivity contribution is -0.136. The van der Waals surface area contributed by atoms with Crippen LogP contribution in [0.2, 0.25) is 10.0 Å². The monoisotopic (exact) mass is 383 g/mol. The number of nitrogens with one attached hydrogen (secondary N) is 2. The van der Waals surface area contributed by atoms with Gasteiger partial charge in [-0.2, -0.15) is 0 Å². The van der Waals surface area contributed by atoms with Gasteiger partial charge in [0.05, 0.1) is 10.0 Å². The number of carbonyl (C=O) groups excluding carboxylic acids is 3. The minimum atomic E-state index is -0.499. The van der Waals surface area contributed by atoms with Crippen molar-refractivity contribution in [2.45, 2.75) is 25.7 Å². The van der Waals surface area contributed by atoms with Gasteiger partial charge in [0.2, 0.25) is 5.91 Å². The second-order valence-corrected chi connectivity index (χ2v) is 6.48. The Hall–Kier alpha value is -2.05. The van der Waals surface area contributed by atoms with Crippen molar-refractivity contribution in [2.24, 2.45) is 0 Å². The van der Waals surface area contributed by atoms with Gasteiger partial charge in [-0.25, -0.2) is 0 Å². The molecule has 8 heteroatoms. The predicted molar refractivity (Wildman–Crippen MR) is 96.8 cm³/mol. The Kier molecular flexibility index (Phi) is 7.28. The topological polar surface area (TPSA) is 78.5 Å². The van der Waals surface area contributed by atoms with Gasteiger partial charge >= 0.3 is 0 Å². The lowest BCUT2D eigenvalue weighted by Crippen LogP contribution is -2.47. The number of rotatable bonds is 4. The van der Waals surface area contributed by atoms with Crippen LogP contribution in [-0.2, 0) is 14.4 Å². The van der Waals surface area contributed by atoms with Crippen LogP contribution in [0.1, 0.15) is 31.2 Å². The fourth-order valence-electron chi connectivity index (χ4n) is 2.38. The molecule has 134 valence electrons. The van der Waals surface area contributed by atoms with Crippen molar-refractivity contribution >= 4 is 47.0 Å². The van der Waals surface area contributed by atoms with Gasteiger partial charge in [0.15, 0.2) is 0 Å².